The molecule has 12 heavy (non-hydrogen) atoms. The van der Waals surface area contributed by atoms with Crippen LogP contribution in [0, 0.1) is 0 Å². The van der Waals surface area contributed by atoms with Gasteiger partial charge in [0.15, 0.2) is 6.10 Å². The zero-order valence-electron chi connectivity index (χ0n) is 6.68. The van der Waals surface area contributed by atoms with Crippen molar-refractivity contribution >= 4 is 11.9 Å². The molecule has 0 aromatic rings. The van der Waals surface area contributed by atoms with Gasteiger partial charge in [-0.2, -0.15) is 0 Å². The average Bonchev–Trinajstić information content (AvgIpc) is 2.00. The molecule has 0 saturated heterocycles. The Morgan fingerprint density at radius 1 is 1.33 bits per heavy atom. The first kappa shape index (κ1) is 14.4. The largest absolute Gasteiger partial charge is 1.00 e. The minimum Gasteiger partial charge on any atom is -0.547 e. The molecule has 64 valence electrons. The van der Waals surface area contributed by atoms with Crippen molar-refractivity contribution in [3.05, 3.63) is 0 Å². The number of carbonyl (C=O) groups is 2. The SMILES string of the molecule is COC(=O)C(O)C(O)C(=O)[O-].[Na+]. The maximum Gasteiger partial charge on any atom is 1.00 e. The third-order valence-electron chi connectivity index (χ3n) is 0.983. The van der Waals surface area contributed by atoms with Gasteiger partial charge in [0.1, 0.15) is 6.10 Å². The van der Waals surface area contributed by atoms with Gasteiger partial charge >= 0.3 is 35.5 Å². The molecule has 2 unspecified atom stereocenters. The van der Waals surface area contributed by atoms with Gasteiger partial charge in [-0.05, 0) is 0 Å². The Labute approximate surface area is 90.4 Å². The Hall–Kier alpha value is -0.140. The van der Waals surface area contributed by atoms with Gasteiger partial charge in [-0.15, -0.1) is 0 Å². The van der Waals surface area contributed by atoms with E-state index in [1.807, 2.05) is 0 Å². The summed E-state index contributed by atoms with van der Waals surface area (Å²) in [4.78, 5) is 20.2. The van der Waals surface area contributed by atoms with Gasteiger partial charge in [-0.1, -0.05) is 0 Å². The van der Waals surface area contributed by atoms with E-state index < -0.39 is 24.1 Å². The van der Waals surface area contributed by atoms with Crippen molar-refractivity contribution < 1.29 is 59.2 Å². The topological polar surface area (TPSA) is 107 Å². The van der Waals surface area contributed by atoms with E-state index in [4.69, 9.17) is 10.2 Å². The first-order valence-corrected chi connectivity index (χ1v) is 2.65. The number of hydrogen-bond acceptors (Lipinski definition) is 6. The van der Waals surface area contributed by atoms with E-state index in [0.717, 1.165) is 7.11 Å². The molecule has 0 aromatic carbocycles. The summed E-state index contributed by atoms with van der Waals surface area (Å²) in [6.45, 7) is 0. The number of ether oxygens (including phenoxy) is 1. The smallest absolute Gasteiger partial charge is 0.547 e. The second-order valence-corrected chi connectivity index (χ2v) is 1.73. The Morgan fingerprint density at radius 3 is 2.00 bits per heavy atom. The molecule has 7 heteroatoms. The Balaban J connectivity index is 0. The van der Waals surface area contributed by atoms with E-state index in [-0.39, 0.29) is 29.6 Å². The molecule has 0 aromatic heterocycles. The van der Waals surface area contributed by atoms with Crippen LogP contribution >= 0.6 is 0 Å². The van der Waals surface area contributed by atoms with Crippen molar-refractivity contribution in [3.63, 3.8) is 0 Å². The molecule has 0 radical (unpaired) electrons. The molecule has 0 saturated carbocycles. The quantitative estimate of drug-likeness (QED) is 0.335. The fourth-order valence-corrected chi connectivity index (χ4v) is 0.379. The molecule has 6 nitrogen and oxygen atoms in total. The van der Waals surface area contributed by atoms with Crippen LogP contribution in [-0.2, 0) is 14.3 Å². The summed E-state index contributed by atoms with van der Waals surface area (Å²) in [6, 6.07) is 0. The summed E-state index contributed by atoms with van der Waals surface area (Å²) in [5, 5.41) is 26.9. The van der Waals surface area contributed by atoms with E-state index in [1.165, 1.54) is 0 Å². The number of rotatable bonds is 3. The summed E-state index contributed by atoms with van der Waals surface area (Å²) in [7, 11) is 0.952. The third kappa shape index (κ3) is 4.03. The van der Waals surface area contributed by atoms with E-state index in [0.29, 0.717) is 0 Å². The minimum absolute atomic E-state index is 0. The van der Waals surface area contributed by atoms with E-state index in [1.54, 1.807) is 0 Å². The second-order valence-electron chi connectivity index (χ2n) is 1.73. The molecule has 0 aliphatic carbocycles. The number of hydrogen-bond donors (Lipinski definition) is 2. The number of aliphatic carboxylic acids is 1. The van der Waals surface area contributed by atoms with E-state index in [9.17, 15) is 14.7 Å². The van der Waals surface area contributed by atoms with Crippen LogP contribution in [-0.4, -0.2) is 41.5 Å². The normalized spacial score (nSPS) is 13.9. The maximum atomic E-state index is 10.3. The number of methoxy groups -OCH3 is 1. The van der Waals surface area contributed by atoms with E-state index in [2.05, 4.69) is 4.74 Å². The molecule has 0 amide bonds. The van der Waals surface area contributed by atoms with Crippen molar-refractivity contribution in [1.82, 2.24) is 0 Å². The van der Waals surface area contributed by atoms with Gasteiger partial charge in [-0.3, -0.25) is 0 Å². The molecule has 0 fully saturated rings. The summed E-state index contributed by atoms with van der Waals surface area (Å²) in [6.07, 6.45) is -4.34. The van der Waals surface area contributed by atoms with Crippen LogP contribution in [0.1, 0.15) is 0 Å². The number of esters is 1. The zero-order chi connectivity index (χ0) is 9.02. The molecule has 2 N–H and O–H groups in total. The van der Waals surface area contributed by atoms with Gasteiger partial charge in [0.25, 0.3) is 0 Å². The van der Waals surface area contributed by atoms with Crippen molar-refractivity contribution in [3.8, 4) is 0 Å². The molecular formula is C5H7NaO6. The van der Waals surface area contributed by atoms with Gasteiger partial charge in [-0.25, -0.2) is 4.79 Å². The van der Waals surface area contributed by atoms with Crippen LogP contribution in [0.3, 0.4) is 0 Å². The molecule has 0 aliphatic rings. The zero-order valence-corrected chi connectivity index (χ0v) is 8.68. The van der Waals surface area contributed by atoms with E-state index >= 15 is 0 Å². The Kier molecular flexibility index (Phi) is 7.65. The summed E-state index contributed by atoms with van der Waals surface area (Å²) in [5.74, 6) is -3.15. The fourth-order valence-electron chi connectivity index (χ4n) is 0.379. The molecule has 0 bridgehead atoms. The number of carbonyl (C=O) groups excluding carboxylic acids is 2. The van der Waals surface area contributed by atoms with Crippen LogP contribution in [0.25, 0.3) is 0 Å². The summed E-state index contributed by atoms with van der Waals surface area (Å²) >= 11 is 0. The average molecular weight is 186 g/mol. The van der Waals surface area contributed by atoms with Crippen LogP contribution in [0.5, 0.6) is 0 Å². The fraction of sp³-hybridized carbons (Fsp3) is 0.600. The van der Waals surface area contributed by atoms with Gasteiger partial charge in [0, 0.05) is 0 Å². The molecule has 0 heterocycles. The standard InChI is InChI=1S/C5H8O6.Na/c1-11-5(10)3(7)2(6)4(8)9;/h2-3,6-7H,1H3,(H,8,9);/q;+1/p-1. The maximum absolute atomic E-state index is 10.3. The Bertz CT molecular complexity index is 169. The third-order valence-corrected chi connectivity index (χ3v) is 0.983. The molecule has 0 aliphatic heterocycles. The number of carboxylic acids is 1. The van der Waals surface area contributed by atoms with Crippen molar-refractivity contribution in [2.75, 3.05) is 7.11 Å². The Morgan fingerprint density at radius 2 is 1.75 bits per heavy atom. The van der Waals surface area contributed by atoms with Crippen LogP contribution in [0.2, 0.25) is 0 Å². The van der Waals surface area contributed by atoms with Crippen molar-refractivity contribution in [2.24, 2.45) is 0 Å². The van der Waals surface area contributed by atoms with Gasteiger partial charge < -0.3 is 24.9 Å². The predicted octanol–water partition coefficient (Wildman–Crippen LogP) is -6.36. The second kappa shape index (κ2) is 6.38. The number of aliphatic hydroxyl groups is 2. The first-order valence-electron chi connectivity index (χ1n) is 2.65. The molecule has 0 spiro atoms. The molecular weight excluding hydrogens is 179 g/mol. The summed E-state index contributed by atoms with van der Waals surface area (Å²) in [5.41, 5.74) is 0. The number of carboxylic acid groups (broad SMARTS) is 1. The molecule has 0 rings (SSSR count). The minimum atomic E-state index is -2.25. The number of aliphatic hydroxyl groups excluding tert-OH is 2. The predicted molar refractivity (Wildman–Crippen MR) is 29.0 cm³/mol. The monoisotopic (exact) mass is 186 g/mol. The van der Waals surface area contributed by atoms with Crippen LogP contribution in [0.4, 0.5) is 0 Å². The van der Waals surface area contributed by atoms with Gasteiger partial charge in [0.2, 0.25) is 0 Å². The van der Waals surface area contributed by atoms with Crippen LogP contribution < -0.4 is 34.7 Å². The summed E-state index contributed by atoms with van der Waals surface area (Å²) < 4.78 is 3.94. The van der Waals surface area contributed by atoms with Crippen molar-refractivity contribution in [2.45, 2.75) is 12.2 Å². The van der Waals surface area contributed by atoms with Crippen molar-refractivity contribution in [1.29, 1.82) is 0 Å². The van der Waals surface area contributed by atoms with Gasteiger partial charge in [0.05, 0.1) is 13.1 Å². The van der Waals surface area contributed by atoms with Crippen LogP contribution in [0.15, 0.2) is 0 Å². The first-order chi connectivity index (χ1) is 5.00. The molecule has 2 atom stereocenters.